The molecule has 0 bridgehead atoms. The van der Waals surface area contributed by atoms with E-state index < -0.39 is 42.5 Å². The number of fused-ring (bicyclic) bond motifs is 1. The molecule has 5 rings (SSSR count). The quantitative estimate of drug-likeness (QED) is 0.141. The number of carbonyl (C=O) groups excluding carboxylic acids is 2. The Morgan fingerprint density at radius 3 is 1.95 bits per heavy atom. The molecule has 2 heterocycles. The van der Waals surface area contributed by atoms with Crippen LogP contribution in [0.1, 0.15) is 57.5 Å². The first-order chi connectivity index (χ1) is 21.1. The van der Waals surface area contributed by atoms with Crippen molar-refractivity contribution in [2.75, 3.05) is 19.1 Å². The lowest BCUT2D eigenvalue weighted by Crippen LogP contribution is -2.66. The Morgan fingerprint density at radius 2 is 1.33 bits per heavy atom. The van der Waals surface area contributed by atoms with Gasteiger partial charge in [0.2, 0.25) is 0 Å². The van der Waals surface area contributed by atoms with E-state index in [1.807, 2.05) is 60.7 Å². The number of rotatable bonds is 15. The fraction of sp³-hybridized carbons (Fsp3) is 0.412. The summed E-state index contributed by atoms with van der Waals surface area (Å²) in [5.41, 5.74) is 2.48. The average Bonchev–Trinajstić information content (AvgIpc) is 3.29. The number of carbonyl (C=O) groups is 2. The van der Waals surface area contributed by atoms with Gasteiger partial charge in [0.15, 0.2) is 6.29 Å². The Labute approximate surface area is 257 Å². The number of nitrogens with zero attached hydrogens (tertiary/aromatic N) is 1. The van der Waals surface area contributed by atoms with Crippen LogP contribution in [0.25, 0.3) is 0 Å². The molecule has 0 unspecified atom stereocenters. The Hall–Kier alpha value is -3.11. The van der Waals surface area contributed by atoms with Gasteiger partial charge in [0.25, 0.3) is 11.8 Å². The smallest absolute Gasteiger partial charge is 0.262 e. The molecule has 228 valence electrons. The molecule has 5 atom stereocenters. The van der Waals surface area contributed by atoms with Crippen LogP contribution in [0.15, 0.2) is 84.9 Å². The molecule has 0 saturated carbocycles. The molecule has 1 N–H and O–H groups in total. The fourth-order valence-electron chi connectivity index (χ4n) is 5.51. The molecule has 2 aliphatic rings. The van der Waals surface area contributed by atoms with E-state index >= 15 is 0 Å². The van der Waals surface area contributed by atoms with Crippen molar-refractivity contribution in [2.24, 2.45) is 0 Å². The third-order valence-electron chi connectivity index (χ3n) is 7.75. The number of ether oxygens (including phenoxy) is 4. The Kier molecular flexibility index (Phi) is 11.3. The number of alkyl halides is 1. The van der Waals surface area contributed by atoms with Crippen LogP contribution in [-0.2, 0) is 32.2 Å². The van der Waals surface area contributed by atoms with Gasteiger partial charge in [-0.2, -0.15) is 0 Å². The van der Waals surface area contributed by atoms with Gasteiger partial charge in [-0.25, -0.2) is 0 Å². The standard InChI is InChI=1S/C34H38ClNO7/c35-19-11-1-2-12-20-41-34-29(36-32(38)26-17-9-10-18-27(26)33(36)39)31(42-22-25-15-7-4-8-16-25)30(37)28(43-34)23-40-21-24-13-5-3-6-14-24/h3-10,13-18,28-31,34,37H,1-2,11-12,19-23H2/t28-,29-,30-,31-,34-/m1/s1. The molecule has 0 aromatic heterocycles. The predicted octanol–water partition coefficient (Wildman–Crippen LogP) is 5.36. The lowest BCUT2D eigenvalue weighted by molar-refractivity contribution is -0.290. The van der Waals surface area contributed by atoms with Crippen LogP contribution < -0.4 is 0 Å². The van der Waals surface area contributed by atoms with Gasteiger partial charge in [0.1, 0.15) is 24.4 Å². The van der Waals surface area contributed by atoms with Crippen molar-refractivity contribution in [1.29, 1.82) is 0 Å². The highest BCUT2D eigenvalue weighted by atomic mass is 35.5. The third kappa shape index (κ3) is 7.70. The maximum absolute atomic E-state index is 13.7. The van der Waals surface area contributed by atoms with Gasteiger partial charge in [-0.05, 0) is 36.1 Å². The fourth-order valence-corrected chi connectivity index (χ4v) is 5.69. The Balaban J connectivity index is 1.40. The van der Waals surface area contributed by atoms with E-state index in [1.54, 1.807) is 24.3 Å². The summed E-state index contributed by atoms with van der Waals surface area (Å²) in [7, 11) is 0. The lowest BCUT2D eigenvalue weighted by Gasteiger charge is -2.46. The van der Waals surface area contributed by atoms with E-state index in [1.165, 1.54) is 0 Å². The normalized spacial score (nSPS) is 23.5. The van der Waals surface area contributed by atoms with E-state index in [2.05, 4.69) is 0 Å². The highest BCUT2D eigenvalue weighted by Gasteiger charge is 2.54. The summed E-state index contributed by atoms with van der Waals surface area (Å²) in [4.78, 5) is 28.5. The zero-order chi connectivity index (χ0) is 30.0. The minimum atomic E-state index is -1.21. The topological polar surface area (TPSA) is 94.5 Å². The van der Waals surface area contributed by atoms with Gasteiger partial charge in [-0.1, -0.05) is 85.6 Å². The number of hydrogen-bond donors (Lipinski definition) is 1. The van der Waals surface area contributed by atoms with E-state index in [9.17, 15) is 14.7 Å². The summed E-state index contributed by atoms with van der Waals surface area (Å²) < 4.78 is 24.9. The van der Waals surface area contributed by atoms with Crippen molar-refractivity contribution >= 4 is 23.4 Å². The first kappa shape index (κ1) is 31.3. The number of hydrogen-bond acceptors (Lipinski definition) is 7. The SMILES string of the molecule is O=C1c2ccccc2C(=O)N1[C@H]1[C@H](OCCCCCCCl)O[C@H](COCc2ccccc2)[C@@H](O)[C@@H]1OCc1ccccc1. The molecule has 1 saturated heterocycles. The molecule has 3 aromatic carbocycles. The molecule has 43 heavy (non-hydrogen) atoms. The maximum Gasteiger partial charge on any atom is 0.262 e. The van der Waals surface area contributed by atoms with Crippen molar-refractivity contribution in [2.45, 2.75) is 69.5 Å². The molecular formula is C34H38ClNO7. The molecule has 2 aliphatic heterocycles. The highest BCUT2D eigenvalue weighted by Crippen LogP contribution is 2.35. The summed E-state index contributed by atoms with van der Waals surface area (Å²) in [6.07, 6.45) is -0.517. The van der Waals surface area contributed by atoms with Crippen LogP contribution in [0.4, 0.5) is 0 Å². The number of benzene rings is 3. The van der Waals surface area contributed by atoms with E-state index in [-0.39, 0.29) is 13.2 Å². The zero-order valence-corrected chi connectivity index (χ0v) is 24.8. The molecule has 8 nitrogen and oxygen atoms in total. The first-order valence-electron chi connectivity index (χ1n) is 14.8. The number of unbranched alkanes of at least 4 members (excludes halogenated alkanes) is 3. The van der Waals surface area contributed by atoms with E-state index in [0.717, 1.165) is 41.7 Å². The Morgan fingerprint density at radius 1 is 0.744 bits per heavy atom. The second-order valence-corrected chi connectivity index (χ2v) is 11.2. The molecule has 0 radical (unpaired) electrons. The van der Waals surface area contributed by atoms with Gasteiger partial charge >= 0.3 is 0 Å². The third-order valence-corrected chi connectivity index (χ3v) is 8.02. The minimum absolute atomic E-state index is 0.0612. The van der Waals surface area contributed by atoms with Gasteiger partial charge in [0.05, 0.1) is 30.9 Å². The summed E-state index contributed by atoms with van der Waals surface area (Å²) >= 11 is 5.82. The van der Waals surface area contributed by atoms with Crippen molar-refractivity contribution in [3.63, 3.8) is 0 Å². The molecule has 1 fully saturated rings. The summed E-state index contributed by atoms with van der Waals surface area (Å²) in [6, 6.07) is 24.9. The molecule has 9 heteroatoms. The van der Waals surface area contributed by atoms with Crippen molar-refractivity contribution in [3.8, 4) is 0 Å². The second kappa shape index (κ2) is 15.6. The predicted molar refractivity (Wildman–Crippen MR) is 162 cm³/mol. The molecular weight excluding hydrogens is 570 g/mol. The zero-order valence-electron chi connectivity index (χ0n) is 24.1. The lowest BCUT2D eigenvalue weighted by atomic mass is 9.95. The molecule has 2 amide bonds. The number of amides is 2. The molecule has 3 aromatic rings. The number of aliphatic hydroxyl groups excluding tert-OH is 1. The van der Waals surface area contributed by atoms with Crippen LogP contribution in [0.2, 0.25) is 0 Å². The number of aliphatic hydroxyl groups is 1. The van der Waals surface area contributed by atoms with Crippen LogP contribution in [-0.4, -0.2) is 71.6 Å². The van der Waals surface area contributed by atoms with E-state index in [4.69, 9.17) is 30.5 Å². The van der Waals surface area contributed by atoms with Crippen LogP contribution in [0.5, 0.6) is 0 Å². The largest absolute Gasteiger partial charge is 0.388 e. The van der Waals surface area contributed by atoms with Gasteiger partial charge < -0.3 is 24.1 Å². The Bertz CT molecular complexity index is 1290. The van der Waals surface area contributed by atoms with Crippen molar-refractivity contribution < 1.29 is 33.6 Å². The van der Waals surface area contributed by atoms with Crippen LogP contribution in [0.3, 0.4) is 0 Å². The van der Waals surface area contributed by atoms with Crippen molar-refractivity contribution in [3.05, 3.63) is 107 Å². The maximum atomic E-state index is 13.7. The highest BCUT2D eigenvalue weighted by molar-refractivity contribution is 6.21. The summed E-state index contributed by atoms with van der Waals surface area (Å²) in [5.74, 6) is -0.328. The first-order valence-corrected chi connectivity index (χ1v) is 15.4. The van der Waals surface area contributed by atoms with Crippen molar-refractivity contribution in [1.82, 2.24) is 4.90 Å². The summed E-state index contributed by atoms with van der Waals surface area (Å²) in [5, 5.41) is 11.7. The van der Waals surface area contributed by atoms with Crippen LogP contribution in [0, 0.1) is 0 Å². The number of imide groups is 1. The molecule has 0 aliphatic carbocycles. The van der Waals surface area contributed by atoms with Gasteiger partial charge in [-0.15, -0.1) is 11.6 Å². The second-order valence-electron chi connectivity index (χ2n) is 10.8. The minimum Gasteiger partial charge on any atom is -0.388 e. The average molecular weight is 608 g/mol. The van der Waals surface area contributed by atoms with Gasteiger partial charge in [0, 0.05) is 12.5 Å². The van der Waals surface area contributed by atoms with E-state index in [0.29, 0.717) is 30.2 Å². The monoisotopic (exact) mass is 607 g/mol. The molecule has 0 spiro atoms. The number of halogens is 1. The van der Waals surface area contributed by atoms with Crippen LogP contribution >= 0.6 is 11.6 Å². The van der Waals surface area contributed by atoms with Gasteiger partial charge in [-0.3, -0.25) is 14.5 Å². The summed E-state index contributed by atoms with van der Waals surface area (Å²) in [6.45, 7) is 0.888.